The fraction of sp³-hybridized carbons (Fsp3) is 0.955. The maximum atomic E-state index is 9.80. The number of hydrogen-bond acceptors (Lipinski definition) is 1. The van der Waals surface area contributed by atoms with Gasteiger partial charge in [-0.2, -0.15) is 5.26 Å². The molecule has 2 aliphatic carbocycles. The van der Waals surface area contributed by atoms with Crippen LogP contribution in [0.2, 0.25) is 0 Å². The molecule has 1 nitrogen and oxygen atoms in total. The molecule has 23 heavy (non-hydrogen) atoms. The minimum absolute atomic E-state index is 0.0459. The van der Waals surface area contributed by atoms with E-state index in [-0.39, 0.29) is 5.41 Å². The van der Waals surface area contributed by atoms with Gasteiger partial charge in [0.25, 0.3) is 0 Å². The lowest BCUT2D eigenvalue weighted by atomic mass is 9.58. The topological polar surface area (TPSA) is 23.8 Å². The third-order valence-corrected chi connectivity index (χ3v) is 6.86. The fourth-order valence-electron chi connectivity index (χ4n) is 5.33. The highest BCUT2D eigenvalue weighted by Gasteiger charge is 2.42. The number of rotatable bonds is 9. The molecule has 0 radical (unpaired) electrons. The second kappa shape index (κ2) is 9.71. The first-order valence-electron chi connectivity index (χ1n) is 10.6. The van der Waals surface area contributed by atoms with Gasteiger partial charge in [-0.15, -0.1) is 0 Å². The molecule has 132 valence electrons. The first kappa shape index (κ1) is 18.8. The fourth-order valence-corrected chi connectivity index (χ4v) is 5.33. The highest BCUT2D eigenvalue weighted by atomic mass is 14.5. The zero-order valence-electron chi connectivity index (χ0n) is 15.8. The summed E-state index contributed by atoms with van der Waals surface area (Å²) in [7, 11) is 0. The van der Waals surface area contributed by atoms with E-state index >= 15 is 0 Å². The minimum atomic E-state index is 0.0459. The van der Waals surface area contributed by atoms with E-state index in [4.69, 9.17) is 0 Å². The molecular weight excluding hydrogens is 278 g/mol. The van der Waals surface area contributed by atoms with Crippen LogP contribution in [0.15, 0.2) is 0 Å². The number of fused-ring (bicyclic) bond motifs is 1. The average molecular weight is 318 g/mol. The Balaban J connectivity index is 1.77. The molecule has 0 amide bonds. The van der Waals surface area contributed by atoms with Crippen LogP contribution < -0.4 is 0 Å². The molecule has 0 N–H and O–H groups in total. The van der Waals surface area contributed by atoms with Crippen molar-refractivity contribution in [2.45, 2.75) is 110 Å². The van der Waals surface area contributed by atoms with Crippen molar-refractivity contribution in [3.8, 4) is 6.07 Å². The van der Waals surface area contributed by atoms with Crippen LogP contribution in [0.3, 0.4) is 0 Å². The Morgan fingerprint density at radius 1 is 0.913 bits per heavy atom. The lowest BCUT2D eigenvalue weighted by molar-refractivity contribution is 0.0616. The molecule has 0 spiro atoms. The van der Waals surface area contributed by atoms with E-state index in [0.29, 0.717) is 0 Å². The molecule has 2 aliphatic rings. The molecule has 0 saturated heterocycles. The summed E-state index contributed by atoms with van der Waals surface area (Å²) in [4.78, 5) is 0. The summed E-state index contributed by atoms with van der Waals surface area (Å²) in [6.07, 6.45) is 20.2. The molecular formula is C22H39N. The molecule has 4 atom stereocenters. The lowest BCUT2D eigenvalue weighted by Gasteiger charge is -2.45. The van der Waals surface area contributed by atoms with Gasteiger partial charge in [-0.05, 0) is 56.3 Å². The second-order valence-electron chi connectivity index (χ2n) is 8.64. The van der Waals surface area contributed by atoms with E-state index in [9.17, 15) is 5.26 Å². The summed E-state index contributed by atoms with van der Waals surface area (Å²) < 4.78 is 0. The lowest BCUT2D eigenvalue weighted by Crippen LogP contribution is -2.36. The minimum Gasteiger partial charge on any atom is -0.198 e. The van der Waals surface area contributed by atoms with E-state index < -0.39 is 0 Å². The van der Waals surface area contributed by atoms with Crippen LogP contribution in [0.4, 0.5) is 0 Å². The molecule has 0 heterocycles. The van der Waals surface area contributed by atoms with E-state index in [2.05, 4.69) is 19.9 Å². The van der Waals surface area contributed by atoms with Gasteiger partial charge in [-0.1, -0.05) is 71.6 Å². The summed E-state index contributed by atoms with van der Waals surface area (Å²) in [6, 6.07) is 2.77. The molecule has 2 fully saturated rings. The SMILES string of the molecule is CCCCCCC1CCC2CC(C#N)(CCCCC)CCC2C1. The van der Waals surface area contributed by atoms with Crippen LogP contribution in [0.5, 0.6) is 0 Å². The quantitative estimate of drug-likeness (QED) is 0.410. The van der Waals surface area contributed by atoms with Gasteiger partial charge < -0.3 is 0 Å². The van der Waals surface area contributed by atoms with Crippen molar-refractivity contribution in [3.63, 3.8) is 0 Å². The smallest absolute Gasteiger partial charge is 0.0689 e. The molecule has 4 unspecified atom stereocenters. The van der Waals surface area contributed by atoms with Crippen LogP contribution in [0.1, 0.15) is 110 Å². The van der Waals surface area contributed by atoms with Crippen molar-refractivity contribution in [1.82, 2.24) is 0 Å². The van der Waals surface area contributed by atoms with E-state index in [1.165, 1.54) is 96.3 Å². The summed E-state index contributed by atoms with van der Waals surface area (Å²) in [5.74, 6) is 2.83. The van der Waals surface area contributed by atoms with Crippen LogP contribution in [0.25, 0.3) is 0 Å². The molecule has 0 aromatic rings. The number of hydrogen-bond donors (Lipinski definition) is 0. The molecule has 0 aliphatic heterocycles. The predicted octanol–water partition coefficient (Wildman–Crippen LogP) is 7.26. The van der Waals surface area contributed by atoms with Gasteiger partial charge in [0.1, 0.15) is 0 Å². The first-order chi connectivity index (χ1) is 11.2. The largest absolute Gasteiger partial charge is 0.198 e. The van der Waals surface area contributed by atoms with Gasteiger partial charge >= 0.3 is 0 Å². The van der Waals surface area contributed by atoms with Crippen LogP contribution >= 0.6 is 0 Å². The van der Waals surface area contributed by atoms with Crippen molar-refractivity contribution in [2.75, 3.05) is 0 Å². The Bertz CT molecular complexity index is 369. The highest BCUT2D eigenvalue weighted by molar-refractivity contribution is 5.04. The average Bonchev–Trinajstić information content (AvgIpc) is 2.59. The Hall–Kier alpha value is -0.510. The van der Waals surface area contributed by atoms with Gasteiger partial charge in [-0.3, -0.25) is 0 Å². The van der Waals surface area contributed by atoms with Crippen LogP contribution in [-0.4, -0.2) is 0 Å². The Morgan fingerprint density at radius 3 is 2.43 bits per heavy atom. The van der Waals surface area contributed by atoms with E-state index in [1.54, 1.807) is 0 Å². The van der Waals surface area contributed by atoms with E-state index in [0.717, 1.165) is 17.8 Å². The van der Waals surface area contributed by atoms with Gasteiger partial charge in [0, 0.05) is 0 Å². The molecule has 0 aromatic carbocycles. The van der Waals surface area contributed by atoms with Crippen molar-refractivity contribution in [2.24, 2.45) is 23.2 Å². The molecule has 2 rings (SSSR count). The number of nitriles is 1. The molecule has 1 heteroatoms. The summed E-state index contributed by atoms with van der Waals surface area (Å²) in [5.41, 5.74) is 0.0459. The van der Waals surface area contributed by atoms with Crippen molar-refractivity contribution in [1.29, 1.82) is 5.26 Å². The summed E-state index contributed by atoms with van der Waals surface area (Å²) >= 11 is 0. The van der Waals surface area contributed by atoms with Crippen molar-refractivity contribution >= 4 is 0 Å². The third kappa shape index (κ3) is 5.51. The maximum absolute atomic E-state index is 9.80. The van der Waals surface area contributed by atoms with Crippen molar-refractivity contribution < 1.29 is 0 Å². The normalized spacial score (nSPS) is 33.9. The third-order valence-electron chi connectivity index (χ3n) is 6.86. The Morgan fingerprint density at radius 2 is 1.70 bits per heavy atom. The zero-order valence-corrected chi connectivity index (χ0v) is 15.8. The van der Waals surface area contributed by atoms with Gasteiger partial charge in [0.05, 0.1) is 11.5 Å². The van der Waals surface area contributed by atoms with Gasteiger partial charge in [-0.25, -0.2) is 0 Å². The molecule has 0 bridgehead atoms. The second-order valence-corrected chi connectivity index (χ2v) is 8.64. The maximum Gasteiger partial charge on any atom is 0.0689 e. The van der Waals surface area contributed by atoms with Gasteiger partial charge in [0.2, 0.25) is 0 Å². The van der Waals surface area contributed by atoms with Crippen LogP contribution in [0, 0.1) is 34.5 Å². The Labute approximate surface area is 145 Å². The molecule has 2 saturated carbocycles. The molecule has 0 aromatic heterocycles. The van der Waals surface area contributed by atoms with Crippen LogP contribution in [-0.2, 0) is 0 Å². The predicted molar refractivity (Wildman–Crippen MR) is 99.1 cm³/mol. The Kier molecular flexibility index (Phi) is 7.94. The highest BCUT2D eigenvalue weighted by Crippen LogP contribution is 2.51. The summed E-state index contributed by atoms with van der Waals surface area (Å²) in [6.45, 7) is 4.56. The number of nitrogens with zero attached hydrogens (tertiary/aromatic N) is 1. The van der Waals surface area contributed by atoms with E-state index in [1.807, 2.05) is 0 Å². The monoisotopic (exact) mass is 317 g/mol. The zero-order chi connectivity index (χ0) is 16.5. The summed E-state index contributed by atoms with van der Waals surface area (Å²) in [5, 5.41) is 9.80. The number of unbranched alkanes of at least 4 members (excludes halogenated alkanes) is 5. The van der Waals surface area contributed by atoms with Crippen molar-refractivity contribution in [3.05, 3.63) is 0 Å². The standard InChI is InChI=1S/C22H39N/c1-3-5-7-8-10-19-11-12-21-17-22(18-23,14-9-6-4-2)15-13-20(21)16-19/h19-21H,3-17H2,1-2H3. The van der Waals surface area contributed by atoms with Gasteiger partial charge in [0.15, 0.2) is 0 Å². The first-order valence-corrected chi connectivity index (χ1v) is 10.6.